The minimum atomic E-state index is 0.444. The first kappa shape index (κ1) is 12.4. The fourth-order valence-electron chi connectivity index (χ4n) is 2.48. The molecule has 0 spiro atoms. The van der Waals surface area contributed by atoms with Gasteiger partial charge in [0.25, 0.3) is 5.89 Å². The second-order valence-corrected chi connectivity index (χ2v) is 5.40. The number of hydrogen-bond donors (Lipinski definition) is 0. The van der Waals surface area contributed by atoms with Gasteiger partial charge in [-0.3, -0.25) is 0 Å². The molecule has 4 heteroatoms. The Morgan fingerprint density at radius 2 is 1.84 bits per heavy atom. The Morgan fingerprint density at radius 3 is 2.53 bits per heavy atom. The third-order valence-electron chi connectivity index (χ3n) is 3.82. The van der Waals surface area contributed by atoms with E-state index in [0.29, 0.717) is 11.8 Å². The number of hydrogen-bond acceptors (Lipinski definition) is 4. The predicted molar refractivity (Wildman–Crippen MR) is 73.9 cm³/mol. The summed E-state index contributed by atoms with van der Waals surface area (Å²) in [6, 6.07) is 8.19. The van der Waals surface area contributed by atoms with Gasteiger partial charge in [0.2, 0.25) is 0 Å². The van der Waals surface area contributed by atoms with Crippen LogP contribution < -0.4 is 0 Å². The maximum atomic E-state index is 5.40. The van der Waals surface area contributed by atoms with Gasteiger partial charge in [-0.15, -0.1) is 0 Å². The summed E-state index contributed by atoms with van der Waals surface area (Å²) >= 11 is 0. The van der Waals surface area contributed by atoms with Crippen LogP contribution in [0, 0.1) is 6.92 Å². The summed E-state index contributed by atoms with van der Waals surface area (Å²) < 4.78 is 5.40. The number of rotatable bonds is 2. The van der Waals surface area contributed by atoms with Crippen LogP contribution in [0.2, 0.25) is 0 Å². The van der Waals surface area contributed by atoms with Gasteiger partial charge in [-0.25, -0.2) is 0 Å². The Hall–Kier alpha value is -1.68. The minimum absolute atomic E-state index is 0.444. The molecule has 1 aromatic heterocycles. The van der Waals surface area contributed by atoms with Gasteiger partial charge in [0.05, 0.1) is 0 Å². The smallest absolute Gasteiger partial charge is 0.257 e. The Balaban J connectivity index is 1.77. The quantitative estimate of drug-likeness (QED) is 0.829. The molecule has 4 nitrogen and oxygen atoms in total. The molecule has 0 bridgehead atoms. The van der Waals surface area contributed by atoms with Gasteiger partial charge in [0.1, 0.15) is 0 Å². The van der Waals surface area contributed by atoms with Crippen LogP contribution in [-0.2, 0) is 0 Å². The molecule has 19 heavy (non-hydrogen) atoms. The van der Waals surface area contributed by atoms with Crippen LogP contribution >= 0.6 is 0 Å². The monoisotopic (exact) mass is 257 g/mol. The Kier molecular flexibility index (Phi) is 3.34. The topological polar surface area (TPSA) is 42.2 Å². The van der Waals surface area contributed by atoms with Crippen molar-refractivity contribution in [3.05, 3.63) is 35.7 Å². The van der Waals surface area contributed by atoms with Crippen molar-refractivity contribution in [2.75, 3.05) is 20.1 Å². The molecule has 1 aliphatic rings. The second kappa shape index (κ2) is 5.13. The lowest BCUT2D eigenvalue weighted by Gasteiger charge is -2.26. The molecule has 100 valence electrons. The fraction of sp³-hybridized carbons (Fsp3) is 0.467. The Bertz CT molecular complexity index is 539. The van der Waals surface area contributed by atoms with Gasteiger partial charge < -0.3 is 9.42 Å². The maximum Gasteiger partial charge on any atom is 0.257 e. The van der Waals surface area contributed by atoms with Gasteiger partial charge in [-0.1, -0.05) is 22.9 Å². The zero-order valence-electron chi connectivity index (χ0n) is 11.5. The number of aryl methyl sites for hydroxylation is 1. The van der Waals surface area contributed by atoms with Crippen molar-refractivity contribution in [2.45, 2.75) is 25.7 Å². The highest BCUT2D eigenvalue weighted by molar-refractivity contribution is 5.53. The third kappa shape index (κ3) is 2.68. The zero-order chi connectivity index (χ0) is 13.2. The van der Waals surface area contributed by atoms with Crippen LogP contribution in [0.5, 0.6) is 0 Å². The standard InChI is InChI=1S/C15H19N3O/c1-11-3-5-13(6-4-11)15-16-14(17-19-15)12-7-9-18(2)10-8-12/h3-6,12H,7-10H2,1-2H3. The highest BCUT2D eigenvalue weighted by Gasteiger charge is 2.23. The molecule has 1 aliphatic heterocycles. The van der Waals surface area contributed by atoms with E-state index in [1.165, 1.54) is 5.56 Å². The van der Waals surface area contributed by atoms with Crippen molar-refractivity contribution in [1.29, 1.82) is 0 Å². The number of benzene rings is 1. The van der Waals surface area contributed by atoms with E-state index in [-0.39, 0.29) is 0 Å². The van der Waals surface area contributed by atoms with Crippen molar-refractivity contribution in [2.24, 2.45) is 0 Å². The third-order valence-corrected chi connectivity index (χ3v) is 3.82. The van der Waals surface area contributed by atoms with Crippen LogP contribution in [0.1, 0.15) is 30.1 Å². The van der Waals surface area contributed by atoms with Crippen LogP contribution in [0.25, 0.3) is 11.5 Å². The van der Waals surface area contributed by atoms with E-state index in [4.69, 9.17) is 4.52 Å². The summed E-state index contributed by atoms with van der Waals surface area (Å²) in [5, 5.41) is 4.16. The lowest BCUT2D eigenvalue weighted by Crippen LogP contribution is -2.29. The molecule has 3 rings (SSSR count). The summed E-state index contributed by atoms with van der Waals surface area (Å²) in [7, 11) is 2.16. The summed E-state index contributed by atoms with van der Waals surface area (Å²) in [5.74, 6) is 1.94. The number of piperidine rings is 1. The zero-order valence-corrected chi connectivity index (χ0v) is 11.5. The molecular formula is C15H19N3O. The van der Waals surface area contributed by atoms with Crippen molar-refractivity contribution in [3.63, 3.8) is 0 Å². The van der Waals surface area contributed by atoms with E-state index >= 15 is 0 Å². The first-order chi connectivity index (χ1) is 9.22. The molecule has 0 radical (unpaired) electrons. The van der Waals surface area contributed by atoms with Gasteiger partial charge in [-0.05, 0) is 52.0 Å². The molecule has 0 amide bonds. The summed E-state index contributed by atoms with van der Waals surface area (Å²) in [4.78, 5) is 6.91. The van der Waals surface area contributed by atoms with Crippen LogP contribution in [-0.4, -0.2) is 35.2 Å². The lowest BCUT2D eigenvalue weighted by molar-refractivity contribution is 0.248. The first-order valence-corrected chi connectivity index (χ1v) is 6.81. The first-order valence-electron chi connectivity index (χ1n) is 6.81. The maximum absolute atomic E-state index is 5.40. The summed E-state index contributed by atoms with van der Waals surface area (Å²) in [6.45, 7) is 4.29. The van der Waals surface area contributed by atoms with Crippen molar-refractivity contribution in [3.8, 4) is 11.5 Å². The van der Waals surface area contributed by atoms with Crippen molar-refractivity contribution in [1.82, 2.24) is 15.0 Å². The van der Waals surface area contributed by atoms with Gasteiger partial charge in [0.15, 0.2) is 5.82 Å². The normalized spacial score (nSPS) is 17.8. The Labute approximate surface area is 113 Å². The number of likely N-dealkylation sites (tertiary alicyclic amines) is 1. The molecular weight excluding hydrogens is 238 g/mol. The van der Waals surface area contributed by atoms with Crippen LogP contribution in [0.15, 0.2) is 28.8 Å². The van der Waals surface area contributed by atoms with Crippen LogP contribution in [0.3, 0.4) is 0 Å². The molecule has 0 unspecified atom stereocenters. The lowest BCUT2D eigenvalue weighted by atomic mass is 9.96. The van der Waals surface area contributed by atoms with E-state index in [9.17, 15) is 0 Å². The molecule has 0 saturated carbocycles. The van der Waals surface area contributed by atoms with Gasteiger partial charge in [-0.2, -0.15) is 4.98 Å². The van der Waals surface area contributed by atoms with E-state index in [1.54, 1.807) is 0 Å². The highest BCUT2D eigenvalue weighted by atomic mass is 16.5. The van der Waals surface area contributed by atoms with E-state index in [2.05, 4.69) is 41.1 Å². The molecule has 2 heterocycles. The fourth-order valence-corrected chi connectivity index (χ4v) is 2.48. The summed E-state index contributed by atoms with van der Waals surface area (Å²) in [6.07, 6.45) is 2.23. The van der Waals surface area contributed by atoms with Gasteiger partial charge in [0, 0.05) is 11.5 Å². The van der Waals surface area contributed by atoms with Crippen molar-refractivity contribution < 1.29 is 4.52 Å². The number of nitrogens with zero attached hydrogens (tertiary/aromatic N) is 3. The van der Waals surface area contributed by atoms with Crippen molar-refractivity contribution >= 4 is 0 Å². The summed E-state index contributed by atoms with van der Waals surface area (Å²) in [5.41, 5.74) is 2.23. The predicted octanol–water partition coefficient (Wildman–Crippen LogP) is 2.85. The van der Waals surface area contributed by atoms with E-state index < -0.39 is 0 Å². The number of aromatic nitrogens is 2. The molecule has 0 N–H and O–H groups in total. The molecule has 1 saturated heterocycles. The molecule has 1 fully saturated rings. The highest BCUT2D eigenvalue weighted by Crippen LogP contribution is 2.27. The van der Waals surface area contributed by atoms with Gasteiger partial charge >= 0.3 is 0 Å². The SMILES string of the molecule is Cc1ccc(-c2nc(C3CCN(C)CC3)no2)cc1. The molecule has 1 aromatic carbocycles. The molecule has 0 atom stereocenters. The average Bonchev–Trinajstić information content (AvgIpc) is 2.90. The molecule has 0 aliphatic carbocycles. The molecule has 2 aromatic rings. The average molecular weight is 257 g/mol. The van der Waals surface area contributed by atoms with E-state index in [1.807, 2.05) is 12.1 Å². The van der Waals surface area contributed by atoms with E-state index in [0.717, 1.165) is 37.3 Å². The minimum Gasteiger partial charge on any atom is -0.334 e. The van der Waals surface area contributed by atoms with Crippen LogP contribution in [0.4, 0.5) is 0 Å². The second-order valence-electron chi connectivity index (χ2n) is 5.40. The Morgan fingerprint density at radius 1 is 1.16 bits per heavy atom. The largest absolute Gasteiger partial charge is 0.334 e.